The Morgan fingerprint density at radius 2 is 2.04 bits per heavy atom. The van der Waals surface area contributed by atoms with Gasteiger partial charge in [0, 0.05) is 24.4 Å². The summed E-state index contributed by atoms with van der Waals surface area (Å²) in [7, 11) is 0. The first-order valence-electron chi connectivity index (χ1n) is 7.59. The summed E-state index contributed by atoms with van der Waals surface area (Å²) in [4.78, 5) is 23.5. The highest BCUT2D eigenvalue weighted by Crippen LogP contribution is 2.28. The first-order chi connectivity index (χ1) is 11.5. The van der Waals surface area contributed by atoms with Crippen molar-refractivity contribution < 1.29 is 14.8 Å². The second kappa shape index (κ2) is 6.57. The summed E-state index contributed by atoms with van der Waals surface area (Å²) >= 11 is 0. The molecule has 7 nitrogen and oxygen atoms in total. The Bertz CT molecular complexity index is 764. The van der Waals surface area contributed by atoms with Crippen molar-refractivity contribution in [3.05, 3.63) is 69.8 Å². The Balaban J connectivity index is 1.88. The van der Waals surface area contributed by atoms with Crippen LogP contribution in [0.1, 0.15) is 11.1 Å². The lowest BCUT2D eigenvalue weighted by atomic mass is 10.0. The van der Waals surface area contributed by atoms with Gasteiger partial charge in [0.1, 0.15) is 0 Å². The maximum atomic E-state index is 11.7. The van der Waals surface area contributed by atoms with Crippen LogP contribution in [0.4, 0.5) is 16.2 Å². The van der Waals surface area contributed by atoms with Gasteiger partial charge in [-0.3, -0.25) is 15.0 Å². The quantitative estimate of drug-likeness (QED) is 0.667. The first kappa shape index (κ1) is 15.8. The monoisotopic (exact) mass is 327 g/mol. The van der Waals surface area contributed by atoms with Crippen LogP contribution >= 0.6 is 0 Å². The van der Waals surface area contributed by atoms with E-state index in [1.807, 2.05) is 30.3 Å². The molecule has 3 rings (SSSR count). The van der Waals surface area contributed by atoms with E-state index in [1.165, 1.54) is 17.0 Å². The van der Waals surface area contributed by atoms with Gasteiger partial charge in [-0.15, -0.1) is 0 Å². The molecule has 0 fully saturated rings. The topological polar surface area (TPSA) is 95.7 Å². The van der Waals surface area contributed by atoms with Gasteiger partial charge in [-0.25, -0.2) is 4.79 Å². The van der Waals surface area contributed by atoms with Crippen LogP contribution in [0, 0.1) is 10.1 Å². The maximum absolute atomic E-state index is 11.7. The van der Waals surface area contributed by atoms with Crippen LogP contribution in [0.15, 0.2) is 48.5 Å². The summed E-state index contributed by atoms with van der Waals surface area (Å²) in [6.07, 6.45) is -0.417. The summed E-state index contributed by atoms with van der Waals surface area (Å²) in [6.45, 7) is 0.600. The van der Waals surface area contributed by atoms with Crippen LogP contribution in [-0.4, -0.2) is 33.6 Å². The lowest BCUT2D eigenvalue weighted by Gasteiger charge is -2.27. The van der Waals surface area contributed by atoms with Crippen molar-refractivity contribution in [1.29, 1.82) is 0 Å². The molecule has 0 bridgehead atoms. The molecule has 2 N–H and O–H groups in total. The molecule has 1 aliphatic rings. The van der Waals surface area contributed by atoms with Crippen molar-refractivity contribution in [2.45, 2.75) is 19.0 Å². The summed E-state index contributed by atoms with van der Waals surface area (Å²) in [5, 5.41) is 23.7. The van der Waals surface area contributed by atoms with Crippen molar-refractivity contribution in [2.75, 3.05) is 11.9 Å². The number of nitrogens with one attached hydrogen (secondary N) is 1. The summed E-state index contributed by atoms with van der Waals surface area (Å²) < 4.78 is 0. The minimum absolute atomic E-state index is 0.00960. The second-order valence-corrected chi connectivity index (χ2v) is 5.73. The first-order valence-corrected chi connectivity index (χ1v) is 7.59. The normalized spacial score (nSPS) is 16.7. The van der Waals surface area contributed by atoms with Gasteiger partial charge in [-0.2, -0.15) is 0 Å². The van der Waals surface area contributed by atoms with Crippen LogP contribution in [0.25, 0.3) is 0 Å². The van der Waals surface area contributed by atoms with E-state index in [0.29, 0.717) is 18.7 Å². The standard InChI is InChI=1S/C17H17N3O4/c21-17(22)19-11-13-6-7-14(20(23)24)9-16(13)18-10-15(19)8-12-4-2-1-3-5-12/h1-7,9,15,18H,8,10-11H2,(H,21,22). The molecule has 0 aromatic heterocycles. The van der Waals surface area contributed by atoms with Gasteiger partial charge < -0.3 is 10.4 Å². The molecule has 2 aromatic carbocycles. The van der Waals surface area contributed by atoms with E-state index in [0.717, 1.165) is 11.1 Å². The van der Waals surface area contributed by atoms with Crippen molar-refractivity contribution in [3.8, 4) is 0 Å². The fourth-order valence-corrected chi connectivity index (χ4v) is 2.92. The van der Waals surface area contributed by atoms with Gasteiger partial charge in [-0.1, -0.05) is 30.3 Å². The summed E-state index contributed by atoms with van der Waals surface area (Å²) in [5.41, 5.74) is 2.39. The molecule has 0 aliphatic carbocycles. The zero-order valence-corrected chi connectivity index (χ0v) is 12.9. The van der Waals surface area contributed by atoms with Gasteiger partial charge in [0.25, 0.3) is 5.69 Å². The molecule has 24 heavy (non-hydrogen) atoms. The number of fused-ring (bicyclic) bond motifs is 1. The average Bonchev–Trinajstić information content (AvgIpc) is 2.75. The van der Waals surface area contributed by atoms with E-state index >= 15 is 0 Å². The predicted octanol–water partition coefficient (Wildman–Crippen LogP) is 3.11. The molecule has 7 heteroatoms. The molecule has 124 valence electrons. The number of anilines is 1. The van der Waals surface area contributed by atoms with Crippen LogP contribution in [0.5, 0.6) is 0 Å². The fourth-order valence-electron chi connectivity index (χ4n) is 2.92. The zero-order valence-electron chi connectivity index (χ0n) is 12.9. The Kier molecular flexibility index (Phi) is 4.33. The van der Waals surface area contributed by atoms with E-state index < -0.39 is 11.0 Å². The third-order valence-electron chi connectivity index (χ3n) is 4.17. The van der Waals surface area contributed by atoms with Crippen molar-refractivity contribution >= 4 is 17.5 Å². The number of rotatable bonds is 3. The molecule has 0 radical (unpaired) electrons. The van der Waals surface area contributed by atoms with Gasteiger partial charge in [-0.05, 0) is 23.6 Å². The minimum Gasteiger partial charge on any atom is -0.465 e. The molecule has 0 saturated heterocycles. The lowest BCUT2D eigenvalue weighted by molar-refractivity contribution is -0.384. The third kappa shape index (κ3) is 3.29. The van der Waals surface area contributed by atoms with Crippen LogP contribution in [-0.2, 0) is 13.0 Å². The molecular weight excluding hydrogens is 310 g/mol. The van der Waals surface area contributed by atoms with Gasteiger partial charge >= 0.3 is 6.09 Å². The smallest absolute Gasteiger partial charge is 0.407 e. The highest BCUT2D eigenvalue weighted by Gasteiger charge is 2.28. The SMILES string of the molecule is O=C(O)N1Cc2ccc([N+](=O)[O-])cc2NCC1Cc1ccccc1. The number of nitro groups is 1. The van der Waals surface area contributed by atoms with E-state index in [1.54, 1.807) is 6.07 Å². The second-order valence-electron chi connectivity index (χ2n) is 5.73. The van der Waals surface area contributed by atoms with Gasteiger partial charge in [0.2, 0.25) is 0 Å². The van der Waals surface area contributed by atoms with E-state index in [-0.39, 0.29) is 18.3 Å². The molecule has 1 unspecified atom stereocenters. The summed E-state index contributed by atoms with van der Waals surface area (Å²) in [5.74, 6) is 0. The Morgan fingerprint density at radius 3 is 2.71 bits per heavy atom. The number of hydrogen-bond donors (Lipinski definition) is 2. The molecule has 1 atom stereocenters. The Labute approximate surface area is 138 Å². The van der Waals surface area contributed by atoms with Crippen LogP contribution in [0.2, 0.25) is 0 Å². The van der Waals surface area contributed by atoms with Gasteiger partial charge in [0.05, 0.1) is 17.5 Å². The van der Waals surface area contributed by atoms with Crippen LogP contribution in [0.3, 0.4) is 0 Å². The Hall–Kier alpha value is -3.09. The number of nitrogens with zero attached hydrogens (tertiary/aromatic N) is 2. The molecule has 0 saturated carbocycles. The number of hydrogen-bond acceptors (Lipinski definition) is 4. The van der Waals surface area contributed by atoms with Gasteiger partial charge in [0.15, 0.2) is 0 Å². The highest BCUT2D eigenvalue weighted by atomic mass is 16.6. The van der Waals surface area contributed by atoms with E-state index in [4.69, 9.17) is 0 Å². The molecule has 2 aromatic rings. The van der Waals surface area contributed by atoms with Crippen molar-refractivity contribution in [2.24, 2.45) is 0 Å². The number of non-ortho nitro benzene ring substituents is 1. The number of carboxylic acid groups (broad SMARTS) is 1. The molecule has 1 amide bonds. The molecule has 0 spiro atoms. The van der Waals surface area contributed by atoms with E-state index in [2.05, 4.69) is 5.32 Å². The number of amides is 1. The predicted molar refractivity (Wildman–Crippen MR) is 89.1 cm³/mol. The molecule has 1 aliphatic heterocycles. The molecular formula is C17H17N3O4. The van der Waals surface area contributed by atoms with Crippen LogP contribution < -0.4 is 5.32 Å². The number of carbonyl (C=O) groups is 1. The van der Waals surface area contributed by atoms with Crippen molar-refractivity contribution in [3.63, 3.8) is 0 Å². The molecule has 1 heterocycles. The average molecular weight is 327 g/mol. The highest BCUT2D eigenvalue weighted by molar-refractivity contribution is 5.68. The Morgan fingerprint density at radius 1 is 1.29 bits per heavy atom. The summed E-state index contributed by atoms with van der Waals surface area (Å²) in [6, 6.07) is 13.9. The number of benzene rings is 2. The fraction of sp³-hybridized carbons (Fsp3) is 0.235. The zero-order chi connectivity index (χ0) is 17.1. The lowest BCUT2D eigenvalue weighted by Crippen LogP contribution is -2.42. The van der Waals surface area contributed by atoms with E-state index in [9.17, 15) is 20.0 Å². The number of nitro benzene ring substituents is 1. The largest absolute Gasteiger partial charge is 0.465 e. The third-order valence-corrected chi connectivity index (χ3v) is 4.17. The maximum Gasteiger partial charge on any atom is 0.407 e. The minimum atomic E-state index is -0.996. The van der Waals surface area contributed by atoms with Crippen molar-refractivity contribution in [1.82, 2.24) is 4.90 Å².